The molecule has 1 saturated heterocycles. The summed E-state index contributed by atoms with van der Waals surface area (Å²) in [5.74, 6) is -3.96. The number of nitrogen functional groups attached to an aromatic ring is 1. The molecule has 1 fully saturated rings. The lowest BCUT2D eigenvalue weighted by Crippen LogP contribution is -2.44. The number of ether oxygens (including phenoxy) is 1. The van der Waals surface area contributed by atoms with E-state index in [9.17, 15) is 0 Å². The quantitative estimate of drug-likeness (QED) is 0.130. The predicted molar refractivity (Wildman–Crippen MR) is 165 cm³/mol. The first kappa shape index (κ1) is 29.9. The van der Waals surface area contributed by atoms with Gasteiger partial charge >= 0.3 is 5.92 Å². The minimum atomic E-state index is -3.48. The second-order valence-corrected chi connectivity index (χ2v) is 17.7. The van der Waals surface area contributed by atoms with Crippen molar-refractivity contribution in [1.29, 1.82) is 0 Å². The lowest BCUT2D eigenvalue weighted by molar-refractivity contribution is 0.0398. The van der Waals surface area contributed by atoms with E-state index in [0.29, 0.717) is 18.0 Å². The van der Waals surface area contributed by atoms with Crippen LogP contribution in [0.25, 0.3) is 11.0 Å². The first-order chi connectivity index (χ1) is 19.9. The van der Waals surface area contributed by atoms with Gasteiger partial charge in [-0.05, 0) is 49.5 Å². The third kappa shape index (κ3) is 6.71. The molecule has 4 aromatic rings. The normalized spacial score (nSPS) is 15.0. The van der Waals surface area contributed by atoms with Crippen molar-refractivity contribution in [2.75, 3.05) is 55.8 Å². The number of halogens is 3. The van der Waals surface area contributed by atoms with Gasteiger partial charge < -0.3 is 30.2 Å². The number of hydrogen-bond donors (Lipinski definition) is 2. The van der Waals surface area contributed by atoms with Gasteiger partial charge in [0.25, 0.3) is 0 Å². The number of aromatic nitrogens is 3. The van der Waals surface area contributed by atoms with E-state index >= 15 is 13.2 Å². The van der Waals surface area contributed by atoms with Crippen molar-refractivity contribution in [3.8, 4) is 0 Å². The molecule has 5 rings (SSSR count). The van der Waals surface area contributed by atoms with Gasteiger partial charge in [-0.25, -0.2) is 9.37 Å². The maximum atomic E-state index is 16.0. The van der Waals surface area contributed by atoms with Gasteiger partial charge in [-0.3, -0.25) is 0 Å². The molecular formula is C30H38F3N7OSi. The second-order valence-electron chi connectivity index (χ2n) is 12.0. The fourth-order valence-corrected chi connectivity index (χ4v) is 5.65. The van der Waals surface area contributed by atoms with E-state index in [1.165, 1.54) is 24.3 Å². The van der Waals surface area contributed by atoms with Crippen LogP contribution < -0.4 is 16.0 Å². The van der Waals surface area contributed by atoms with Crippen molar-refractivity contribution in [2.45, 2.75) is 38.3 Å². The van der Waals surface area contributed by atoms with E-state index in [4.69, 9.17) is 10.5 Å². The number of fused-ring (bicyclic) bond motifs is 1. The summed E-state index contributed by atoms with van der Waals surface area (Å²) in [5.41, 5.74) is 6.44. The van der Waals surface area contributed by atoms with Crippen LogP contribution in [0.3, 0.4) is 0 Å². The van der Waals surface area contributed by atoms with Crippen molar-refractivity contribution >= 4 is 42.1 Å². The van der Waals surface area contributed by atoms with Gasteiger partial charge in [-0.15, -0.1) is 0 Å². The van der Waals surface area contributed by atoms with Gasteiger partial charge in [0, 0.05) is 69.4 Å². The number of nitrogens with one attached hydrogen (secondary N) is 1. The Morgan fingerprint density at radius 1 is 1.02 bits per heavy atom. The minimum Gasteiger partial charge on any atom is -0.399 e. The van der Waals surface area contributed by atoms with Crippen LogP contribution in [-0.4, -0.2) is 67.3 Å². The molecular weight excluding hydrogens is 559 g/mol. The number of nitrogens with zero attached hydrogens (tertiary/aromatic N) is 5. The zero-order chi connectivity index (χ0) is 30.1. The fourth-order valence-electron chi connectivity index (χ4n) is 4.89. The highest BCUT2D eigenvalue weighted by Crippen LogP contribution is 2.39. The molecule has 3 N–H and O–H groups in total. The Balaban J connectivity index is 1.48. The van der Waals surface area contributed by atoms with E-state index in [2.05, 4.69) is 39.8 Å². The number of hydrogen-bond acceptors (Lipinski definition) is 7. The molecule has 2 aromatic heterocycles. The molecule has 0 aliphatic carbocycles. The zero-order valence-corrected chi connectivity index (χ0v) is 25.5. The molecule has 1 aliphatic rings. The molecule has 224 valence electrons. The van der Waals surface area contributed by atoms with E-state index in [1.54, 1.807) is 35.0 Å². The van der Waals surface area contributed by atoms with E-state index in [0.717, 1.165) is 32.2 Å². The topological polar surface area (TPSA) is 84.5 Å². The van der Waals surface area contributed by atoms with Gasteiger partial charge in [0.15, 0.2) is 0 Å². The van der Waals surface area contributed by atoms with E-state index < -0.39 is 25.5 Å². The number of alkyl halides is 2. The summed E-state index contributed by atoms with van der Waals surface area (Å²) in [5, 5.41) is 3.15. The standard InChI is InChI=1S/C30H38F3N7OSi/c1-38-12-14-39(15-13-38)26-9-8-23(19-25(26)31)35-29-36-27(30(32,33)21-6-5-7-22(34)18-21)24-10-11-40(28(24)37-29)20-41-16-17-42(2,3)4/h5-11,18-19H,12-17,20,34H2,1-4H3,(H,35,36,37). The van der Waals surface area contributed by atoms with E-state index in [1.807, 2.05) is 11.9 Å². The number of anilines is 4. The largest absolute Gasteiger partial charge is 0.399 e. The number of piperazine rings is 1. The van der Waals surface area contributed by atoms with Gasteiger partial charge in [0.05, 0.1) is 5.69 Å². The van der Waals surface area contributed by atoms with Crippen molar-refractivity contribution in [3.05, 3.63) is 71.8 Å². The summed E-state index contributed by atoms with van der Waals surface area (Å²) in [6, 6.07) is 12.9. The number of nitrogens with two attached hydrogens (primary N) is 1. The molecule has 8 nitrogen and oxygen atoms in total. The molecule has 0 atom stereocenters. The molecule has 3 heterocycles. The summed E-state index contributed by atoms with van der Waals surface area (Å²) < 4.78 is 54.9. The van der Waals surface area contributed by atoms with Crippen molar-refractivity contribution in [1.82, 2.24) is 19.4 Å². The van der Waals surface area contributed by atoms with Crippen LogP contribution in [0, 0.1) is 5.82 Å². The first-order valence-electron chi connectivity index (χ1n) is 14.1. The smallest absolute Gasteiger partial charge is 0.315 e. The molecule has 12 heteroatoms. The summed E-state index contributed by atoms with van der Waals surface area (Å²) >= 11 is 0. The fraction of sp³-hybridized carbons (Fsp3) is 0.400. The van der Waals surface area contributed by atoms with Crippen LogP contribution in [-0.2, 0) is 17.4 Å². The molecule has 2 aromatic carbocycles. The predicted octanol–water partition coefficient (Wildman–Crippen LogP) is 6.10. The van der Waals surface area contributed by atoms with Crippen LogP contribution in [0.5, 0.6) is 0 Å². The van der Waals surface area contributed by atoms with Gasteiger partial charge in [0.1, 0.15) is 23.9 Å². The van der Waals surface area contributed by atoms with Crippen LogP contribution in [0.4, 0.5) is 36.2 Å². The molecule has 0 saturated carbocycles. The Labute approximate surface area is 245 Å². The Hall–Kier alpha value is -3.61. The lowest BCUT2D eigenvalue weighted by atomic mass is 10.0. The number of rotatable bonds is 10. The Kier molecular flexibility index (Phi) is 8.49. The third-order valence-corrected chi connectivity index (χ3v) is 9.14. The molecule has 0 amide bonds. The second kappa shape index (κ2) is 11.9. The Morgan fingerprint density at radius 3 is 2.48 bits per heavy atom. The van der Waals surface area contributed by atoms with Gasteiger partial charge in [-0.1, -0.05) is 31.8 Å². The average molecular weight is 598 g/mol. The van der Waals surface area contributed by atoms with Crippen molar-refractivity contribution in [3.63, 3.8) is 0 Å². The van der Waals surface area contributed by atoms with Crippen LogP contribution in [0.1, 0.15) is 11.3 Å². The summed E-state index contributed by atoms with van der Waals surface area (Å²) in [6.45, 7) is 10.6. The highest BCUT2D eigenvalue weighted by atomic mass is 28.3. The monoisotopic (exact) mass is 597 g/mol. The van der Waals surface area contributed by atoms with Gasteiger partial charge in [-0.2, -0.15) is 13.8 Å². The summed E-state index contributed by atoms with van der Waals surface area (Å²) in [4.78, 5) is 13.0. The van der Waals surface area contributed by atoms with E-state index in [-0.39, 0.29) is 35.0 Å². The highest BCUT2D eigenvalue weighted by Gasteiger charge is 2.39. The lowest BCUT2D eigenvalue weighted by Gasteiger charge is -2.34. The number of benzene rings is 2. The molecule has 1 aliphatic heterocycles. The number of likely N-dealkylation sites (N-methyl/N-ethyl adjacent to an activating group) is 1. The van der Waals surface area contributed by atoms with Crippen LogP contribution in [0.2, 0.25) is 25.7 Å². The molecule has 0 bridgehead atoms. The van der Waals surface area contributed by atoms with Gasteiger partial charge in [0.2, 0.25) is 5.95 Å². The maximum Gasteiger partial charge on any atom is 0.315 e. The highest BCUT2D eigenvalue weighted by molar-refractivity contribution is 6.76. The molecule has 42 heavy (non-hydrogen) atoms. The average Bonchev–Trinajstić information content (AvgIpc) is 3.33. The zero-order valence-electron chi connectivity index (χ0n) is 24.5. The van der Waals surface area contributed by atoms with Crippen LogP contribution in [0.15, 0.2) is 54.7 Å². The summed E-state index contributed by atoms with van der Waals surface area (Å²) in [7, 11) is 0.740. The Morgan fingerprint density at radius 2 is 1.79 bits per heavy atom. The third-order valence-electron chi connectivity index (χ3n) is 7.44. The van der Waals surface area contributed by atoms with Crippen molar-refractivity contribution < 1.29 is 17.9 Å². The Bertz CT molecular complexity index is 1550. The molecule has 0 unspecified atom stereocenters. The molecule has 0 radical (unpaired) electrons. The maximum absolute atomic E-state index is 16.0. The summed E-state index contributed by atoms with van der Waals surface area (Å²) in [6.07, 6.45) is 1.67. The first-order valence-corrected chi connectivity index (χ1v) is 17.8. The molecule has 0 spiro atoms. The minimum absolute atomic E-state index is 0.0742. The van der Waals surface area contributed by atoms with Crippen LogP contribution >= 0.6 is 0 Å². The SMILES string of the molecule is CN1CCN(c2ccc(Nc3nc(C(F)(F)c4cccc(N)c4)c4ccn(COCC[Si](C)(C)C)c4n3)cc2F)CC1. The van der Waals surface area contributed by atoms with Crippen molar-refractivity contribution in [2.24, 2.45) is 0 Å².